The molecule has 0 atom stereocenters. The second-order valence-corrected chi connectivity index (χ2v) is 7.13. The van der Waals surface area contributed by atoms with Crippen molar-refractivity contribution >= 4 is 29.0 Å². The number of aromatic hydroxyl groups is 1. The Labute approximate surface area is 162 Å². The first-order valence-corrected chi connectivity index (χ1v) is 9.31. The average Bonchev–Trinajstić information content (AvgIpc) is 3.02. The summed E-state index contributed by atoms with van der Waals surface area (Å²) in [6.45, 7) is 0. The van der Waals surface area contributed by atoms with Gasteiger partial charge >= 0.3 is 0 Å². The van der Waals surface area contributed by atoms with Crippen LogP contribution in [-0.2, 0) is 11.8 Å². The van der Waals surface area contributed by atoms with Gasteiger partial charge in [0.1, 0.15) is 5.75 Å². The van der Waals surface area contributed by atoms with Gasteiger partial charge < -0.3 is 19.9 Å². The zero-order chi connectivity index (χ0) is 19.4. The van der Waals surface area contributed by atoms with Crippen LogP contribution >= 0.6 is 11.8 Å². The first-order chi connectivity index (χ1) is 12.9. The van der Waals surface area contributed by atoms with Crippen LogP contribution in [0.4, 0.5) is 11.4 Å². The Morgan fingerprint density at radius 1 is 1.11 bits per heavy atom. The number of rotatable bonds is 6. The summed E-state index contributed by atoms with van der Waals surface area (Å²) in [7, 11) is 5.79. The lowest BCUT2D eigenvalue weighted by Gasteiger charge is -2.13. The van der Waals surface area contributed by atoms with E-state index in [1.54, 1.807) is 24.3 Å². The van der Waals surface area contributed by atoms with Gasteiger partial charge in [0.25, 0.3) is 0 Å². The van der Waals surface area contributed by atoms with E-state index in [0.29, 0.717) is 11.0 Å². The molecule has 3 rings (SSSR count). The first-order valence-electron chi connectivity index (χ1n) is 8.33. The van der Waals surface area contributed by atoms with Gasteiger partial charge in [0, 0.05) is 38.1 Å². The Hall–Kier alpha value is -3.00. The molecule has 3 aromatic rings. The first kappa shape index (κ1) is 18.8. The van der Waals surface area contributed by atoms with Crippen LogP contribution in [0.5, 0.6) is 5.75 Å². The zero-order valence-electron chi connectivity index (χ0n) is 15.4. The van der Waals surface area contributed by atoms with Crippen LogP contribution in [0.3, 0.4) is 0 Å². The Balaban J connectivity index is 1.60. The second-order valence-electron chi connectivity index (χ2n) is 6.19. The van der Waals surface area contributed by atoms with Crippen LogP contribution < -0.4 is 10.2 Å². The van der Waals surface area contributed by atoms with E-state index in [-0.39, 0.29) is 17.4 Å². The molecule has 1 aromatic heterocycles. The second kappa shape index (κ2) is 8.13. The molecule has 0 spiro atoms. The highest BCUT2D eigenvalue weighted by molar-refractivity contribution is 7.99. The van der Waals surface area contributed by atoms with Crippen LogP contribution in [-0.4, -0.2) is 45.6 Å². The summed E-state index contributed by atoms with van der Waals surface area (Å²) in [5.41, 5.74) is 2.68. The van der Waals surface area contributed by atoms with E-state index in [0.717, 1.165) is 16.9 Å². The number of thioether (sulfide) groups is 1. The summed E-state index contributed by atoms with van der Waals surface area (Å²) in [6.07, 6.45) is 0. The Morgan fingerprint density at radius 2 is 1.78 bits per heavy atom. The number of nitrogens with one attached hydrogen (secondary N) is 1. The number of carbonyl (C=O) groups is 1. The molecule has 0 radical (unpaired) electrons. The van der Waals surface area contributed by atoms with E-state index in [1.807, 2.05) is 54.9 Å². The van der Waals surface area contributed by atoms with E-state index in [1.165, 1.54) is 11.8 Å². The monoisotopic (exact) mass is 383 g/mol. The third-order valence-corrected chi connectivity index (χ3v) is 4.98. The van der Waals surface area contributed by atoms with Crippen LogP contribution in [0.2, 0.25) is 0 Å². The quantitative estimate of drug-likeness (QED) is 0.637. The van der Waals surface area contributed by atoms with Crippen molar-refractivity contribution in [3.63, 3.8) is 0 Å². The van der Waals surface area contributed by atoms with Gasteiger partial charge in [-0.15, -0.1) is 10.2 Å². The number of amides is 1. The summed E-state index contributed by atoms with van der Waals surface area (Å²) in [4.78, 5) is 14.2. The highest BCUT2D eigenvalue weighted by Gasteiger charge is 2.13. The molecule has 7 nitrogen and oxygen atoms in total. The molecule has 2 aromatic carbocycles. The number of hydrogen-bond acceptors (Lipinski definition) is 6. The highest BCUT2D eigenvalue weighted by Crippen LogP contribution is 2.24. The number of benzene rings is 2. The van der Waals surface area contributed by atoms with Crippen LogP contribution in [0, 0.1) is 0 Å². The number of nitrogens with zero attached hydrogens (tertiary/aromatic N) is 4. The SMILES string of the molecule is CN(C)c1ccc(NC(=O)CSc2nnc(-c3ccc(O)cc3)n2C)cc1. The van der Waals surface area contributed by atoms with Gasteiger partial charge in [-0.3, -0.25) is 4.79 Å². The molecule has 1 heterocycles. The van der Waals surface area contributed by atoms with E-state index in [2.05, 4.69) is 15.5 Å². The highest BCUT2D eigenvalue weighted by atomic mass is 32.2. The fourth-order valence-corrected chi connectivity index (χ4v) is 3.18. The normalized spacial score (nSPS) is 10.6. The Bertz CT molecular complexity index is 920. The van der Waals surface area contributed by atoms with Gasteiger partial charge in [-0.05, 0) is 48.5 Å². The lowest BCUT2D eigenvalue weighted by atomic mass is 10.2. The summed E-state index contributed by atoms with van der Waals surface area (Å²) in [6, 6.07) is 14.4. The minimum absolute atomic E-state index is 0.105. The van der Waals surface area contributed by atoms with E-state index >= 15 is 0 Å². The number of aromatic nitrogens is 3. The predicted octanol–water partition coefficient (Wildman–Crippen LogP) is 2.98. The molecule has 0 aliphatic carbocycles. The molecular weight excluding hydrogens is 362 g/mol. The van der Waals surface area contributed by atoms with Crippen molar-refractivity contribution in [2.24, 2.45) is 7.05 Å². The van der Waals surface area contributed by atoms with E-state index in [4.69, 9.17) is 0 Å². The minimum Gasteiger partial charge on any atom is -0.508 e. The van der Waals surface area contributed by atoms with Gasteiger partial charge in [0.05, 0.1) is 5.75 Å². The molecule has 140 valence electrons. The van der Waals surface area contributed by atoms with Gasteiger partial charge in [0.2, 0.25) is 5.91 Å². The molecule has 1 amide bonds. The predicted molar refractivity (Wildman–Crippen MR) is 108 cm³/mol. The topological polar surface area (TPSA) is 83.3 Å². The molecule has 8 heteroatoms. The Kier molecular flexibility index (Phi) is 5.66. The number of hydrogen-bond donors (Lipinski definition) is 2. The zero-order valence-corrected chi connectivity index (χ0v) is 16.2. The van der Waals surface area contributed by atoms with E-state index < -0.39 is 0 Å². The minimum atomic E-state index is -0.105. The standard InChI is InChI=1S/C19H21N5O2S/c1-23(2)15-8-6-14(7-9-15)20-17(26)12-27-19-22-21-18(24(19)3)13-4-10-16(25)11-5-13/h4-11,25H,12H2,1-3H3,(H,20,26). The summed E-state index contributed by atoms with van der Waals surface area (Å²) in [5, 5.41) is 21.3. The maximum atomic E-state index is 12.2. The molecule has 0 unspecified atom stereocenters. The number of anilines is 2. The number of phenols is 1. The molecule has 0 fully saturated rings. The largest absolute Gasteiger partial charge is 0.508 e. The average molecular weight is 383 g/mol. The van der Waals surface area contributed by atoms with Crippen LogP contribution in [0.25, 0.3) is 11.4 Å². The molecule has 0 bridgehead atoms. The molecule has 0 saturated heterocycles. The molecule has 0 aliphatic heterocycles. The van der Waals surface area contributed by atoms with Gasteiger partial charge in [-0.1, -0.05) is 11.8 Å². The number of phenolic OH excluding ortho intramolecular Hbond substituents is 1. The van der Waals surface area contributed by atoms with Gasteiger partial charge in [0.15, 0.2) is 11.0 Å². The third kappa shape index (κ3) is 4.59. The van der Waals surface area contributed by atoms with Crippen LogP contribution in [0.1, 0.15) is 0 Å². The van der Waals surface area contributed by atoms with Gasteiger partial charge in [-0.25, -0.2) is 0 Å². The fraction of sp³-hybridized carbons (Fsp3) is 0.211. The van der Waals surface area contributed by atoms with Crippen LogP contribution in [0.15, 0.2) is 53.7 Å². The Morgan fingerprint density at radius 3 is 2.41 bits per heavy atom. The molecule has 2 N–H and O–H groups in total. The van der Waals surface area contributed by atoms with Crippen molar-refractivity contribution in [2.75, 3.05) is 30.1 Å². The summed E-state index contributed by atoms with van der Waals surface area (Å²) < 4.78 is 1.83. The van der Waals surface area contributed by atoms with Crippen molar-refractivity contribution in [1.82, 2.24) is 14.8 Å². The summed E-state index contributed by atoms with van der Waals surface area (Å²) in [5.74, 6) is 1.01. The maximum absolute atomic E-state index is 12.2. The maximum Gasteiger partial charge on any atom is 0.234 e. The van der Waals surface area contributed by atoms with Crippen molar-refractivity contribution in [1.29, 1.82) is 0 Å². The smallest absolute Gasteiger partial charge is 0.234 e. The number of carbonyl (C=O) groups excluding carboxylic acids is 1. The molecular formula is C19H21N5O2S. The van der Waals surface area contributed by atoms with Crippen molar-refractivity contribution < 1.29 is 9.90 Å². The summed E-state index contributed by atoms with van der Waals surface area (Å²) >= 11 is 1.32. The molecule has 0 aliphatic rings. The van der Waals surface area contributed by atoms with Gasteiger partial charge in [-0.2, -0.15) is 0 Å². The lowest BCUT2D eigenvalue weighted by Crippen LogP contribution is -2.15. The molecule has 27 heavy (non-hydrogen) atoms. The van der Waals surface area contributed by atoms with Crippen molar-refractivity contribution in [2.45, 2.75) is 5.16 Å². The molecule has 0 saturated carbocycles. The van der Waals surface area contributed by atoms with Crippen molar-refractivity contribution in [3.05, 3.63) is 48.5 Å². The van der Waals surface area contributed by atoms with E-state index in [9.17, 15) is 9.90 Å². The lowest BCUT2D eigenvalue weighted by molar-refractivity contribution is -0.113. The third-order valence-electron chi connectivity index (χ3n) is 3.96. The van der Waals surface area contributed by atoms with Crippen molar-refractivity contribution in [3.8, 4) is 17.1 Å². The fourth-order valence-electron chi connectivity index (χ4n) is 2.47.